The Kier molecular flexibility index (Phi) is 4.74. The second-order valence-electron chi connectivity index (χ2n) is 7.05. The standard InChI is InChI=1S/C22H21FN2O4/c1-4-29-22(27)17-16(13-6-5-7-15(28-3)18(13)23)20-19(25-21(17)26)12-9-8-11(2)10-14(12)24-20/h5-9,11,24H,4,10H2,1-3H3,(H,25,26). The van der Waals surface area contributed by atoms with Crippen LogP contribution in [0.25, 0.3) is 28.2 Å². The summed E-state index contributed by atoms with van der Waals surface area (Å²) in [7, 11) is 1.36. The molecule has 2 aromatic heterocycles. The number of aromatic amines is 2. The molecule has 150 valence electrons. The lowest BCUT2D eigenvalue weighted by atomic mass is 9.95. The normalized spacial score (nSPS) is 15.4. The van der Waals surface area contributed by atoms with Gasteiger partial charge in [0.2, 0.25) is 0 Å². The fraction of sp³-hybridized carbons (Fsp3) is 0.273. The molecule has 2 heterocycles. The Morgan fingerprint density at radius 1 is 1.28 bits per heavy atom. The maximum atomic E-state index is 15.2. The smallest absolute Gasteiger partial charge is 0.344 e. The molecule has 0 aliphatic heterocycles. The van der Waals surface area contributed by atoms with E-state index in [0.717, 1.165) is 17.7 Å². The van der Waals surface area contributed by atoms with E-state index in [4.69, 9.17) is 9.47 Å². The second kappa shape index (κ2) is 7.24. The monoisotopic (exact) mass is 396 g/mol. The zero-order valence-electron chi connectivity index (χ0n) is 16.4. The van der Waals surface area contributed by atoms with Gasteiger partial charge in [-0.15, -0.1) is 0 Å². The molecule has 2 N–H and O–H groups in total. The number of ether oxygens (including phenoxy) is 2. The highest BCUT2D eigenvalue weighted by molar-refractivity contribution is 6.07. The number of rotatable bonds is 4. The minimum absolute atomic E-state index is 0.0237. The van der Waals surface area contributed by atoms with Crippen molar-refractivity contribution in [3.8, 4) is 16.9 Å². The molecule has 0 bridgehead atoms. The number of halogens is 1. The number of methoxy groups -OCH3 is 1. The van der Waals surface area contributed by atoms with Crippen LogP contribution >= 0.6 is 0 Å². The lowest BCUT2D eigenvalue weighted by Crippen LogP contribution is -2.22. The zero-order chi connectivity index (χ0) is 20.7. The first-order valence-electron chi connectivity index (χ1n) is 9.45. The van der Waals surface area contributed by atoms with Crippen molar-refractivity contribution >= 4 is 23.1 Å². The maximum absolute atomic E-state index is 15.2. The van der Waals surface area contributed by atoms with Crippen LogP contribution < -0.4 is 10.3 Å². The first-order valence-corrected chi connectivity index (χ1v) is 9.45. The molecule has 0 radical (unpaired) electrons. The lowest BCUT2D eigenvalue weighted by molar-refractivity contribution is 0.0525. The molecule has 1 aromatic carbocycles. The van der Waals surface area contributed by atoms with Crippen LogP contribution in [0.15, 0.2) is 29.1 Å². The number of carbonyl (C=O) groups excluding carboxylic acids is 1. The largest absolute Gasteiger partial charge is 0.494 e. The van der Waals surface area contributed by atoms with E-state index in [1.807, 2.05) is 6.08 Å². The number of hydrogen-bond donors (Lipinski definition) is 2. The van der Waals surface area contributed by atoms with Gasteiger partial charge in [-0.3, -0.25) is 4.79 Å². The molecule has 1 aliphatic rings. The van der Waals surface area contributed by atoms with Gasteiger partial charge in [0.1, 0.15) is 5.56 Å². The molecule has 0 saturated carbocycles. The number of hydrogen-bond acceptors (Lipinski definition) is 4. The van der Waals surface area contributed by atoms with E-state index in [9.17, 15) is 9.59 Å². The van der Waals surface area contributed by atoms with Crippen LogP contribution in [-0.4, -0.2) is 29.7 Å². The van der Waals surface area contributed by atoms with Crippen LogP contribution in [0.4, 0.5) is 4.39 Å². The van der Waals surface area contributed by atoms with Gasteiger partial charge in [-0.25, -0.2) is 9.18 Å². The van der Waals surface area contributed by atoms with E-state index in [0.29, 0.717) is 17.0 Å². The molecule has 1 unspecified atom stereocenters. The Bertz CT molecular complexity index is 1210. The summed E-state index contributed by atoms with van der Waals surface area (Å²) in [4.78, 5) is 31.6. The Morgan fingerprint density at radius 2 is 2.07 bits per heavy atom. The first-order chi connectivity index (χ1) is 14.0. The summed E-state index contributed by atoms with van der Waals surface area (Å²) in [6, 6.07) is 4.62. The first kappa shape index (κ1) is 19.0. The molecule has 0 saturated heterocycles. The van der Waals surface area contributed by atoms with Gasteiger partial charge in [-0.1, -0.05) is 31.2 Å². The minimum atomic E-state index is -0.802. The van der Waals surface area contributed by atoms with E-state index in [1.54, 1.807) is 13.0 Å². The van der Waals surface area contributed by atoms with Crippen molar-refractivity contribution in [2.45, 2.75) is 20.3 Å². The molecule has 29 heavy (non-hydrogen) atoms. The van der Waals surface area contributed by atoms with E-state index < -0.39 is 17.3 Å². The molecule has 6 nitrogen and oxygen atoms in total. The van der Waals surface area contributed by atoms with Crippen LogP contribution in [0.2, 0.25) is 0 Å². The number of fused-ring (bicyclic) bond motifs is 3. The van der Waals surface area contributed by atoms with Crippen molar-refractivity contribution in [1.29, 1.82) is 0 Å². The number of carbonyl (C=O) groups is 1. The quantitative estimate of drug-likeness (QED) is 0.652. The van der Waals surface area contributed by atoms with E-state index in [-0.39, 0.29) is 29.0 Å². The van der Waals surface area contributed by atoms with E-state index in [2.05, 4.69) is 23.0 Å². The Morgan fingerprint density at radius 3 is 2.79 bits per heavy atom. The van der Waals surface area contributed by atoms with Crippen molar-refractivity contribution < 1.29 is 18.7 Å². The number of benzene rings is 1. The summed E-state index contributed by atoms with van der Waals surface area (Å²) in [5.74, 6) is -1.10. The van der Waals surface area contributed by atoms with Gasteiger partial charge in [0.25, 0.3) is 5.56 Å². The Hall–Kier alpha value is -3.35. The summed E-state index contributed by atoms with van der Waals surface area (Å²) in [6.07, 6.45) is 4.74. The highest BCUT2D eigenvalue weighted by atomic mass is 19.1. The molecule has 0 fully saturated rings. The molecule has 1 aliphatic carbocycles. The molecule has 7 heteroatoms. The van der Waals surface area contributed by atoms with Crippen LogP contribution in [-0.2, 0) is 11.2 Å². The topological polar surface area (TPSA) is 84.2 Å². The predicted molar refractivity (Wildman–Crippen MR) is 109 cm³/mol. The molecule has 0 amide bonds. The van der Waals surface area contributed by atoms with Crippen LogP contribution in [0.3, 0.4) is 0 Å². The number of allylic oxidation sites excluding steroid dienone is 1. The average molecular weight is 396 g/mol. The number of H-pyrrole nitrogens is 2. The lowest BCUT2D eigenvalue weighted by Gasteiger charge is -2.12. The van der Waals surface area contributed by atoms with Crippen molar-refractivity contribution in [3.05, 3.63) is 57.3 Å². The SMILES string of the molecule is CCOC(=O)c1c(-c2cccc(OC)c2F)c2[nH]c3c(c2[nH]c1=O)C=CC(C)C3. The molecule has 0 spiro atoms. The van der Waals surface area contributed by atoms with Gasteiger partial charge in [-0.05, 0) is 25.3 Å². The highest BCUT2D eigenvalue weighted by Crippen LogP contribution is 2.38. The van der Waals surface area contributed by atoms with Gasteiger partial charge < -0.3 is 19.4 Å². The molecular weight excluding hydrogens is 375 g/mol. The number of nitrogens with one attached hydrogen (secondary N) is 2. The summed E-state index contributed by atoms with van der Waals surface area (Å²) >= 11 is 0. The molecule has 1 atom stereocenters. The van der Waals surface area contributed by atoms with Crippen LogP contribution in [0.1, 0.15) is 35.5 Å². The van der Waals surface area contributed by atoms with Gasteiger partial charge in [0, 0.05) is 22.4 Å². The maximum Gasteiger partial charge on any atom is 0.344 e. The third-order valence-electron chi connectivity index (χ3n) is 5.14. The van der Waals surface area contributed by atoms with Gasteiger partial charge in [0.05, 0.1) is 24.8 Å². The van der Waals surface area contributed by atoms with E-state index >= 15 is 4.39 Å². The highest BCUT2D eigenvalue weighted by Gasteiger charge is 2.28. The third-order valence-corrected chi connectivity index (χ3v) is 5.14. The van der Waals surface area contributed by atoms with Crippen molar-refractivity contribution in [2.75, 3.05) is 13.7 Å². The molecular formula is C22H21FN2O4. The fourth-order valence-electron chi connectivity index (χ4n) is 3.82. The Labute approximate surface area is 166 Å². The predicted octanol–water partition coefficient (Wildman–Crippen LogP) is 4.05. The summed E-state index contributed by atoms with van der Waals surface area (Å²) < 4.78 is 25.4. The summed E-state index contributed by atoms with van der Waals surface area (Å²) in [5.41, 5.74) is 2.21. The molecule has 4 rings (SSSR count). The zero-order valence-corrected chi connectivity index (χ0v) is 16.4. The van der Waals surface area contributed by atoms with Crippen molar-refractivity contribution in [1.82, 2.24) is 9.97 Å². The van der Waals surface area contributed by atoms with Gasteiger partial charge in [0.15, 0.2) is 11.6 Å². The number of pyridine rings is 1. The number of esters is 1. The Balaban J connectivity index is 2.12. The minimum Gasteiger partial charge on any atom is -0.494 e. The van der Waals surface area contributed by atoms with E-state index in [1.165, 1.54) is 19.2 Å². The average Bonchev–Trinajstić information content (AvgIpc) is 3.04. The van der Waals surface area contributed by atoms with Crippen molar-refractivity contribution in [2.24, 2.45) is 5.92 Å². The van der Waals surface area contributed by atoms with Crippen molar-refractivity contribution in [3.63, 3.8) is 0 Å². The van der Waals surface area contributed by atoms with Crippen LogP contribution in [0.5, 0.6) is 5.75 Å². The van der Waals surface area contributed by atoms with Gasteiger partial charge in [-0.2, -0.15) is 0 Å². The van der Waals surface area contributed by atoms with Gasteiger partial charge >= 0.3 is 5.97 Å². The number of aromatic nitrogens is 2. The summed E-state index contributed by atoms with van der Waals surface area (Å²) in [5, 5.41) is 0. The molecule has 3 aromatic rings. The van der Waals surface area contributed by atoms with Crippen LogP contribution in [0, 0.1) is 11.7 Å². The second-order valence-corrected chi connectivity index (χ2v) is 7.05. The third kappa shape index (κ3) is 3.03. The summed E-state index contributed by atoms with van der Waals surface area (Å²) in [6.45, 7) is 3.83. The fourth-order valence-corrected chi connectivity index (χ4v) is 3.82.